The molecule has 2 unspecified atom stereocenters. The number of rotatable bonds is 4. The smallest absolute Gasteiger partial charge is 0.218 e. The van der Waals surface area contributed by atoms with Crippen molar-refractivity contribution in [2.75, 3.05) is 13.1 Å². The van der Waals surface area contributed by atoms with Crippen LogP contribution in [0.5, 0.6) is 0 Å². The average Bonchev–Trinajstić information content (AvgIpc) is 2.37. The maximum Gasteiger partial charge on any atom is 0.218 e. The minimum Gasteiger partial charge on any atom is -0.373 e. The van der Waals surface area contributed by atoms with Crippen molar-refractivity contribution in [3.8, 4) is 0 Å². The molecule has 20 heavy (non-hydrogen) atoms. The molecule has 1 aliphatic heterocycles. The van der Waals surface area contributed by atoms with Gasteiger partial charge >= 0.3 is 0 Å². The molecule has 0 aliphatic carbocycles. The highest BCUT2D eigenvalue weighted by atomic mass is 32.2. The normalized spacial score (nSPS) is 24.8. The number of nitrogens with zero attached hydrogens (tertiary/aromatic N) is 1. The van der Waals surface area contributed by atoms with Crippen LogP contribution in [0.25, 0.3) is 0 Å². The van der Waals surface area contributed by atoms with Crippen LogP contribution >= 0.6 is 0 Å². The molecular formula is C14H22N2O3S. The SMILES string of the molecule is CC1CN(S(=O)(=O)Cc2cccc(CN)c2)CC(C)O1. The van der Waals surface area contributed by atoms with Gasteiger partial charge in [-0.2, -0.15) is 4.31 Å². The van der Waals surface area contributed by atoms with Crippen LogP contribution < -0.4 is 5.73 Å². The van der Waals surface area contributed by atoms with Gasteiger partial charge in [0.1, 0.15) is 0 Å². The molecule has 1 fully saturated rings. The molecule has 5 nitrogen and oxygen atoms in total. The Hall–Kier alpha value is -0.950. The molecule has 2 atom stereocenters. The Kier molecular flexibility index (Phi) is 4.80. The van der Waals surface area contributed by atoms with Crippen LogP contribution in [0.15, 0.2) is 24.3 Å². The highest BCUT2D eigenvalue weighted by molar-refractivity contribution is 7.88. The monoisotopic (exact) mass is 298 g/mol. The van der Waals surface area contributed by atoms with Crippen molar-refractivity contribution in [1.29, 1.82) is 0 Å². The topological polar surface area (TPSA) is 72.6 Å². The zero-order chi connectivity index (χ0) is 14.8. The molecule has 1 aliphatic rings. The number of nitrogens with two attached hydrogens (primary N) is 1. The third-order valence-corrected chi connectivity index (χ3v) is 5.14. The summed E-state index contributed by atoms with van der Waals surface area (Å²) in [5.74, 6) is 0.0142. The fourth-order valence-electron chi connectivity index (χ4n) is 2.51. The second-order valence-electron chi connectivity index (χ2n) is 5.35. The molecule has 1 aromatic rings. The van der Waals surface area contributed by atoms with E-state index in [-0.39, 0.29) is 18.0 Å². The van der Waals surface area contributed by atoms with Gasteiger partial charge in [-0.15, -0.1) is 0 Å². The first kappa shape index (κ1) is 15.4. The lowest BCUT2D eigenvalue weighted by atomic mass is 10.1. The fourth-order valence-corrected chi connectivity index (χ4v) is 4.16. The van der Waals surface area contributed by atoms with E-state index in [1.54, 1.807) is 0 Å². The number of ether oxygens (including phenoxy) is 1. The van der Waals surface area contributed by atoms with Crippen LogP contribution in [0.4, 0.5) is 0 Å². The summed E-state index contributed by atoms with van der Waals surface area (Å²) in [5.41, 5.74) is 7.31. The quantitative estimate of drug-likeness (QED) is 0.903. The summed E-state index contributed by atoms with van der Waals surface area (Å²) < 4.78 is 32.1. The lowest BCUT2D eigenvalue weighted by Gasteiger charge is -2.34. The lowest BCUT2D eigenvalue weighted by Crippen LogP contribution is -2.48. The van der Waals surface area contributed by atoms with Gasteiger partial charge < -0.3 is 10.5 Å². The Bertz CT molecular complexity index is 549. The van der Waals surface area contributed by atoms with Crippen molar-refractivity contribution in [3.63, 3.8) is 0 Å². The van der Waals surface area contributed by atoms with E-state index in [2.05, 4.69) is 0 Å². The van der Waals surface area contributed by atoms with Crippen molar-refractivity contribution in [2.45, 2.75) is 38.4 Å². The van der Waals surface area contributed by atoms with Gasteiger partial charge in [-0.25, -0.2) is 8.42 Å². The van der Waals surface area contributed by atoms with Gasteiger partial charge in [0.2, 0.25) is 10.0 Å². The van der Waals surface area contributed by atoms with Crippen molar-refractivity contribution < 1.29 is 13.2 Å². The summed E-state index contributed by atoms with van der Waals surface area (Å²) in [6.07, 6.45) is -0.132. The molecule has 2 N–H and O–H groups in total. The number of benzene rings is 1. The molecule has 0 aromatic heterocycles. The molecule has 1 heterocycles. The lowest BCUT2D eigenvalue weighted by molar-refractivity contribution is -0.0441. The van der Waals surface area contributed by atoms with Gasteiger partial charge in [-0.05, 0) is 25.0 Å². The fraction of sp³-hybridized carbons (Fsp3) is 0.571. The summed E-state index contributed by atoms with van der Waals surface area (Å²) in [6, 6.07) is 7.42. The van der Waals surface area contributed by atoms with Crippen LogP contribution in [-0.4, -0.2) is 38.0 Å². The summed E-state index contributed by atoms with van der Waals surface area (Å²) in [5, 5.41) is 0. The van der Waals surface area contributed by atoms with Crippen LogP contribution in [0.2, 0.25) is 0 Å². The summed E-state index contributed by atoms with van der Waals surface area (Å²) >= 11 is 0. The Labute approximate surface area is 120 Å². The Balaban J connectivity index is 2.14. The van der Waals surface area contributed by atoms with Crippen molar-refractivity contribution >= 4 is 10.0 Å². The third kappa shape index (κ3) is 3.79. The highest BCUT2D eigenvalue weighted by Gasteiger charge is 2.30. The minimum atomic E-state index is -3.31. The van der Waals surface area contributed by atoms with E-state index in [0.717, 1.165) is 11.1 Å². The first-order chi connectivity index (χ1) is 9.40. The van der Waals surface area contributed by atoms with Gasteiger partial charge in [-0.3, -0.25) is 0 Å². The van der Waals surface area contributed by atoms with Crippen LogP contribution in [-0.2, 0) is 27.1 Å². The van der Waals surface area contributed by atoms with Crippen LogP contribution in [0, 0.1) is 0 Å². The number of hydrogen-bond acceptors (Lipinski definition) is 4. The molecule has 6 heteroatoms. The van der Waals surface area contributed by atoms with Crippen molar-refractivity contribution in [2.24, 2.45) is 5.73 Å². The van der Waals surface area contributed by atoms with Gasteiger partial charge in [0.15, 0.2) is 0 Å². The van der Waals surface area contributed by atoms with Gasteiger partial charge in [0.25, 0.3) is 0 Å². The van der Waals surface area contributed by atoms with Gasteiger partial charge in [0, 0.05) is 19.6 Å². The Morgan fingerprint density at radius 3 is 2.45 bits per heavy atom. The van der Waals surface area contributed by atoms with E-state index >= 15 is 0 Å². The summed E-state index contributed by atoms with van der Waals surface area (Å²) in [7, 11) is -3.31. The van der Waals surface area contributed by atoms with Gasteiger partial charge in [-0.1, -0.05) is 24.3 Å². The molecule has 112 valence electrons. The van der Waals surface area contributed by atoms with Crippen LogP contribution in [0.1, 0.15) is 25.0 Å². The van der Waals surface area contributed by atoms with Crippen molar-refractivity contribution in [3.05, 3.63) is 35.4 Å². The first-order valence-corrected chi connectivity index (χ1v) is 8.43. The molecule has 1 saturated heterocycles. The van der Waals surface area contributed by atoms with Crippen molar-refractivity contribution in [1.82, 2.24) is 4.31 Å². The van der Waals surface area contributed by atoms with Gasteiger partial charge in [0.05, 0.1) is 18.0 Å². The maximum atomic E-state index is 12.5. The number of hydrogen-bond donors (Lipinski definition) is 1. The van der Waals surface area contributed by atoms with E-state index in [0.29, 0.717) is 19.6 Å². The zero-order valence-electron chi connectivity index (χ0n) is 12.0. The van der Waals surface area contributed by atoms with E-state index in [9.17, 15) is 8.42 Å². The third-order valence-electron chi connectivity index (χ3n) is 3.36. The van der Waals surface area contributed by atoms with E-state index in [1.807, 2.05) is 38.1 Å². The van der Waals surface area contributed by atoms with E-state index in [4.69, 9.17) is 10.5 Å². The maximum absolute atomic E-state index is 12.5. The Morgan fingerprint density at radius 2 is 1.85 bits per heavy atom. The number of morpholine rings is 1. The minimum absolute atomic E-state index is 0.0142. The molecular weight excluding hydrogens is 276 g/mol. The highest BCUT2D eigenvalue weighted by Crippen LogP contribution is 2.18. The van der Waals surface area contributed by atoms with E-state index < -0.39 is 10.0 Å². The number of sulfonamides is 1. The standard InChI is InChI=1S/C14H22N2O3S/c1-11-8-16(9-12(2)19-11)20(17,18)10-14-5-3-4-13(6-14)7-15/h3-6,11-12H,7-10,15H2,1-2H3. The molecule has 0 radical (unpaired) electrons. The predicted octanol–water partition coefficient (Wildman–Crippen LogP) is 1.08. The van der Waals surface area contributed by atoms with Crippen LogP contribution in [0.3, 0.4) is 0 Å². The largest absolute Gasteiger partial charge is 0.373 e. The molecule has 0 saturated carbocycles. The predicted molar refractivity (Wildman–Crippen MR) is 78.5 cm³/mol. The molecule has 2 rings (SSSR count). The molecule has 0 bridgehead atoms. The second kappa shape index (κ2) is 6.22. The Morgan fingerprint density at radius 1 is 1.25 bits per heavy atom. The van der Waals surface area contributed by atoms with E-state index in [1.165, 1.54) is 4.31 Å². The molecule has 1 aromatic carbocycles. The second-order valence-corrected chi connectivity index (χ2v) is 7.32. The summed E-state index contributed by atoms with van der Waals surface area (Å²) in [6.45, 7) is 5.05. The molecule has 0 amide bonds. The summed E-state index contributed by atoms with van der Waals surface area (Å²) in [4.78, 5) is 0. The first-order valence-electron chi connectivity index (χ1n) is 6.82. The zero-order valence-corrected chi connectivity index (χ0v) is 12.8. The average molecular weight is 298 g/mol. The molecule has 0 spiro atoms.